The van der Waals surface area contributed by atoms with Gasteiger partial charge in [-0.15, -0.1) is 11.3 Å². The largest absolute Gasteiger partial charge is 0.493 e. The smallest absolute Gasteiger partial charge is 0.338 e. The number of thiophene rings is 1. The van der Waals surface area contributed by atoms with Gasteiger partial charge in [-0.3, -0.25) is 4.79 Å². The highest BCUT2D eigenvalue weighted by molar-refractivity contribution is 7.14. The van der Waals surface area contributed by atoms with Crippen LogP contribution < -0.4 is 10.1 Å². The average Bonchev–Trinajstić information content (AvgIpc) is 3.05. The number of carbonyl (C=O) groups excluding carboxylic acids is 2. The second-order valence-corrected chi connectivity index (χ2v) is 6.55. The number of hydrogen-bond donors (Lipinski definition) is 1. The number of amides is 1. The van der Waals surface area contributed by atoms with E-state index in [2.05, 4.69) is 5.32 Å². The number of esters is 1. The molecule has 0 spiro atoms. The Morgan fingerprint density at radius 2 is 2.12 bits per heavy atom. The quantitative estimate of drug-likeness (QED) is 0.766. The van der Waals surface area contributed by atoms with E-state index in [1.165, 1.54) is 11.3 Å². The molecule has 0 aliphatic heterocycles. The number of anilines is 1. The predicted molar refractivity (Wildman–Crippen MR) is 94.7 cm³/mol. The van der Waals surface area contributed by atoms with Gasteiger partial charge < -0.3 is 14.8 Å². The van der Waals surface area contributed by atoms with E-state index in [1.54, 1.807) is 35.7 Å². The number of carbonyl (C=O) groups is 2. The number of ether oxygens (including phenoxy) is 2. The number of benzene rings is 1. The summed E-state index contributed by atoms with van der Waals surface area (Å²) in [5, 5.41) is 13.6. The third-order valence-electron chi connectivity index (χ3n) is 3.03. The first-order valence-electron chi connectivity index (χ1n) is 7.67. The molecule has 130 valence electrons. The summed E-state index contributed by atoms with van der Waals surface area (Å²) < 4.78 is 10.6. The fraction of sp³-hybridized carbons (Fsp3) is 0.278. The summed E-state index contributed by atoms with van der Waals surface area (Å²) in [4.78, 5) is 23.9. The van der Waals surface area contributed by atoms with Crippen molar-refractivity contribution in [3.05, 3.63) is 46.8 Å². The molecule has 25 heavy (non-hydrogen) atoms. The van der Waals surface area contributed by atoms with Crippen molar-refractivity contribution in [3.8, 4) is 11.8 Å². The molecule has 7 heteroatoms. The van der Waals surface area contributed by atoms with Crippen molar-refractivity contribution < 1.29 is 19.1 Å². The first-order valence-corrected chi connectivity index (χ1v) is 8.55. The van der Waals surface area contributed by atoms with E-state index in [0.29, 0.717) is 34.4 Å². The van der Waals surface area contributed by atoms with Crippen molar-refractivity contribution in [1.82, 2.24) is 0 Å². The molecule has 1 aromatic carbocycles. The van der Waals surface area contributed by atoms with Gasteiger partial charge in [0, 0.05) is 0 Å². The summed E-state index contributed by atoms with van der Waals surface area (Å²) in [5.41, 5.74) is 0.683. The first-order chi connectivity index (χ1) is 12.0. The summed E-state index contributed by atoms with van der Waals surface area (Å²) in [6, 6.07) is 10.2. The Morgan fingerprint density at radius 3 is 2.84 bits per heavy atom. The Hall–Kier alpha value is -2.85. The molecule has 2 rings (SSSR count). The molecule has 1 aromatic heterocycles. The molecule has 0 bridgehead atoms. The number of rotatable bonds is 7. The summed E-state index contributed by atoms with van der Waals surface area (Å²) in [7, 11) is 0. The van der Waals surface area contributed by atoms with Gasteiger partial charge >= 0.3 is 5.97 Å². The minimum Gasteiger partial charge on any atom is -0.493 e. The van der Waals surface area contributed by atoms with Crippen LogP contribution >= 0.6 is 11.3 Å². The average molecular weight is 358 g/mol. The van der Waals surface area contributed by atoms with Gasteiger partial charge in [-0.25, -0.2) is 4.79 Å². The summed E-state index contributed by atoms with van der Waals surface area (Å²) >= 11 is 1.23. The lowest BCUT2D eigenvalue weighted by molar-refractivity contribution is -0.119. The van der Waals surface area contributed by atoms with Gasteiger partial charge in [0.1, 0.15) is 16.8 Å². The molecule has 0 fully saturated rings. The molecule has 1 amide bonds. The highest BCUT2D eigenvalue weighted by Crippen LogP contribution is 2.22. The van der Waals surface area contributed by atoms with Crippen LogP contribution in [0.25, 0.3) is 0 Å². The third kappa shape index (κ3) is 5.62. The van der Waals surface area contributed by atoms with Crippen LogP contribution in [-0.4, -0.2) is 25.1 Å². The van der Waals surface area contributed by atoms with E-state index in [1.807, 2.05) is 19.9 Å². The minimum absolute atomic E-state index is 0.308. The zero-order valence-electron chi connectivity index (χ0n) is 13.9. The standard InChI is InChI=1S/C18H18N2O4S/c1-12(2)10-23-15-5-3-4-13(8-15)18(22)24-11-16(21)20-17-14(9-19)6-7-25-17/h3-8,12H,10-11H2,1-2H3,(H,20,21). The Bertz CT molecular complexity index is 792. The third-order valence-corrected chi connectivity index (χ3v) is 3.86. The normalized spacial score (nSPS) is 10.2. The molecular weight excluding hydrogens is 340 g/mol. The molecule has 0 saturated heterocycles. The first kappa shape index (κ1) is 18.5. The van der Waals surface area contributed by atoms with Crippen molar-refractivity contribution in [2.75, 3.05) is 18.5 Å². The summed E-state index contributed by atoms with van der Waals surface area (Å²) in [6.45, 7) is 4.17. The van der Waals surface area contributed by atoms with Crippen LogP contribution in [0.4, 0.5) is 5.00 Å². The molecule has 6 nitrogen and oxygen atoms in total. The molecule has 1 N–H and O–H groups in total. The molecule has 0 aliphatic carbocycles. The van der Waals surface area contributed by atoms with Gasteiger partial charge in [-0.1, -0.05) is 19.9 Å². The van der Waals surface area contributed by atoms with Gasteiger partial charge in [0.2, 0.25) is 0 Å². The number of nitrogens with one attached hydrogen (secondary N) is 1. The van der Waals surface area contributed by atoms with Gasteiger partial charge in [-0.2, -0.15) is 5.26 Å². The Kier molecular flexibility index (Phi) is 6.54. The molecule has 0 radical (unpaired) electrons. The van der Waals surface area contributed by atoms with E-state index in [-0.39, 0.29) is 0 Å². The highest BCUT2D eigenvalue weighted by atomic mass is 32.1. The fourth-order valence-electron chi connectivity index (χ4n) is 1.85. The Labute approximate surface area is 150 Å². The lowest BCUT2D eigenvalue weighted by atomic mass is 10.2. The van der Waals surface area contributed by atoms with Crippen LogP contribution in [0, 0.1) is 17.2 Å². The monoisotopic (exact) mass is 358 g/mol. The van der Waals surface area contributed by atoms with Crippen LogP contribution in [0.5, 0.6) is 5.75 Å². The second-order valence-electron chi connectivity index (χ2n) is 5.63. The van der Waals surface area contributed by atoms with Crippen LogP contribution in [0.3, 0.4) is 0 Å². The molecular formula is C18H18N2O4S. The van der Waals surface area contributed by atoms with Gasteiger partial charge in [0.05, 0.1) is 17.7 Å². The lowest BCUT2D eigenvalue weighted by Crippen LogP contribution is -2.20. The number of hydrogen-bond acceptors (Lipinski definition) is 6. The number of nitrogens with zero attached hydrogens (tertiary/aromatic N) is 1. The maximum absolute atomic E-state index is 12.1. The lowest BCUT2D eigenvalue weighted by Gasteiger charge is -2.10. The van der Waals surface area contributed by atoms with Crippen LogP contribution in [0.1, 0.15) is 29.8 Å². The van der Waals surface area contributed by atoms with Crippen molar-refractivity contribution >= 4 is 28.2 Å². The molecule has 0 saturated carbocycles. The van der Waals surface area contributed by atoms with Crippen molar-refractivity contribution in [2.45, 2.75) is 13.8 Å². The molecule has 0 atom stereocenters. The predicted octanol–water partition coefficient (Wildman–Crippen LogP) is 3.45. The van der Waals surface area contributed by atoms with Gasteiger partial charge in [0.25, 0.3) is 5.91 Å². The maximum Gasteiger partial charge on any atom is 0.338 e. The zero-order chi connectivity index (χ0) is 18.2. The van der Waals surface area contributed by atoms with Crippen LogP contribution in [-0.2, 0) is 9.53 Å². The number of nitriles is 1. The fourth-order valence-corrected chi connectivity index (χ4v) is 2.60. The van der Waals surface area contributed by atoms with E-state index in [4.69, 9.17) is 14.7 Å². The van der Waals surface area contributed by atoms with E-state index in [9.17, 15) is 9.59 Å². The van der Waals surface area contributed by atoms with E-state index >= 15 is 0 Å². The summed E-state index contributed by atoms with van der Waals surface area (Å²) in [6.07, 6.45) is 0. The Balaban J connectivity index is 1.88. The van der Waals surface area contributed by atoms with Gasteiger partial charge in [-0.05, 0) is 35.6 Å². The second kappa shape index (κ2) is 8.85. The Morgan fingerprint density at radius 1 is 1.32 bits per heavy atom. The van der Waals surface area contributed by atoms with Crippen molar-refractivity contribution in [3.63, 3.8) is 0 Å². The zero-order valence-corrected chi connectivity index (χ0v) is 14.8. The van der Waals surface area contributed by atoms with Crippen LogP contribution in [0.15, 0.2) is 35.7 Å². The highest BCUT2D eigenvalue weighted by Gasteiger charge is 2.13. The summed E-state index contributed by atoms with van der Waals surface area (Å²) in [5.74, 6) is -0.170. The maximum atomic E-state index is 12.1. The molecule has 1 heterocycles. The van der Waals surface area contributed by atoms with Crippen molar-refractivity contribution in [2.24, 2.45) is 5.92 Å². The topological polar surface area (TPSA) is 88.4 Å². The van der Waals surface area contributed by atoms with E-state index < -0.39 is 18.5 Å². The molecule has 0 unspecified atom stereocenters. The van der Waals surface area contributed by atoms with Gasteiger partial charge in [0.15, 0.2) is 6.61 Å². The van der Waals surface area contributed by atoms with Crippen LogP contribution in [0.2, 0.25) is 0 Å². The van der Waals surface area contributed by atoms with Crippen molar-refractivity contribution in [1.29, 1.82) is 5.26 Å². The SMILES string of the molecule is CC(C)COc1cccc(C(=O)OCC(=O)Nc2sccc2C#N)c1. The minimum atomic E-state index is -0.614. The molecule has 2 aromatic rings. The molecule has 0 aliphatic rings. The van der Waals surface area contributed by atoms with E-state index in [0.717, 1.165) is 0 Å².